The Balaban J connectivity index is 1.36. The average Bonchev–Trinajstić information content (AvgIpc) is 3.24. The molecule has 4 heterocycles. The number of hydrogen-bond acceptors (Lipinski definition) is 7. The van der Waals surface area contributed by atoms with Crippen molar-refractivity contribution in [1.29, 1.82) is 0 Å². The number of allylic oxidation sites excluding steroid dienone is 1. The van der Waals surface area contributed by atoms with Gasteiger partial charge in [0, 0.05) is 30.3 Å². The standard InChI is InChI=1S/C24H24FN5O2/c1-13(18-11-16-4-6-19(28-16)23(18)25)20-12-27-24(30-29-20)17-5-3-14(9-21(17)31)15-7-8-26-22(10-15)32-2/h3,5,7-10,12,16,18-19,23,28,31H,1,4,6,11H2,2H3/t16?,18-,19?,23+/m0/s1. The fraction of sp³-hybridized carbons (Fsp3) is 0.333. The monoisotopic (exact) mass is 433 g/mol. The second kappa shape index (κ2) is 8.27. The van der Waals surface area contributed by atoms with E-state index in [4.69, 9.17) is 4.74 Å². The van der Waals surface area contributed by atoms with Crippen molar-refractivity contribution in [3.8, 4) is 34.1 Å². The van der Waals surface area contributed by atoms with Crippen LogP contribution in [0.3, 0.4) is 0 Å². The zero-order chi connectivity index (χ0) is 22.2. The fourth-order valence-corrected chi connectivity index (χ4v) is 4.68. The molecule has 2 aliphatic heterocycles. The Hall–Kier alpha value is -3.39. The summed E-state index contributed by atoms with van der Waals surface area (Å²) in [6.07, 6.45) is 4.79. The Morgan fingerprint density at radius 2 is 2.00 bits per heavy atom. The van der Waals surface area contributed by atoms with Gasteiger partial charge in [-0.25, -0.2) is 14.4 Å². The second-order valence-electron chi connectivity index (χ2n) is 8.35. The molecule has 2 saturated heterocycles. The van der Waals surface area contributed by atoms with Gasteiger partial charge < -0.3 is 15.2 Å². The first-order chi connectivity index (χ1) is 15.5. The summed E-state index contributed by atoms with van der Waals surface area (Å²) in [5.74, 6) is 0.540. The van der Waals surface area contributed by atoms with Crippen LogP contribution in [-0.4, -0.2) is 50.6 Å². The van der Waals surface area contributed by atoms with Crippen molar-refractivity contribution < 1.29 is 14.2 Å². The van der Waals surface area contributed by atoms with E-state index in [1.54, 1.807) is 37.7 Å². The number of alkyl halides is 1. The van der Waals surface area contributed by atoms with Gasteiger partial charge in [-0.3, -0.25) is 0 Å². The third-order valence-electron chi connectivity index (χ3n) is 6.44. The highest BCUT2D eigenvalue weighted by atomic mass is 19.1. The molecule has 2 fully saturated rings. The molecular weight excluding hydrogens is 409 g/mol. The Labute approximate surface area is 185 Å². The normalized spacial score (nSPS) is 24.3. The molecule has 5 rings (SSSR count). The number of aromatic nitrogens is 4. The zero-order valence-electron chi connectivity index (χ0n) is 17.7. The molecule has 2 bridgehead atoms. The predicted molar refractivity (Wildman–Crippen MR) is 119 cm³/mol. The summed E-state index contributed by atoms with van der Waals surface area (Å²) in [6.45, 7) is 4.10. The smallest absolute Gasteiger partial charge is 0.213 e. The molecular formula is C24H24FN5O2. The number of rotatable bonds is 5. The lowest BCUT2D eigenvalue weighted by atomic mass is 9.84. The summed E-state index contributed by atoms with van der Waals surface area (Å²) in [5.41, 5.74) is 3.25. The molecule has 2 N–H and O–H groups in total. The number of aromatic hydroxyl groups is 1. The van der Waals surface area contributed by atoms with Crippen LogP contribution in [0, 0.1) is 5.92 Å². The minimum Gasteiger partial charge on any atom is -0.507 e. The minimum atomic E-state index is -0.980. The van der Waals surface area contributed by atoms with Gasteiger partial charge >= 0.3 is 0 Å². The highest BCUT2D eigenvalue weighted by molar-refractivity contribution is 5.73. The molecule has 32 heavy (non-hydrogen) atoms. The van der Waals surface area contributed by atoms with Crippen LogP contribution in [-0.2, 0) is 0 Å². The molecule has 0 amide bonds. The molecule has 8 heteroatoms. The molecule has 3 aromatic rings. The van der Waals surface area contributed by atoms with Crippen molar-refractivity contribution in [3.05, 3.63) is 55.0 Å². The summed E-state index contributed by atoms with van der Waals surface area (Å²) >= 11 is 0. The lowest BCUT2D eigenvalue weighted by Crippen LogP contribution is -2.47. The van der Waals surface area contributed by atoms with E-state index in [0.29, 0.717) is 41.0 Å². The summed E-state index contributed by atoms with van der Waals surface area (Å²) in [5, 5.41) is 22.3. The summed E-state index contributed by atoms with van der Waals surface area (Å²) in [7, 11) is 1.55. The maximum atomic E-state index is 14.9. The minimum absolute atomic E-state index is 0.0328. The molecule has 7 nitrogen and oxygen atoms in total. The van der Waals surface area contributed by atoms with Gasteiger partial charge in [-0.1, -0.05) is 12.6 Å². The average molecular weight is 433 g/mol. The SMILES string of the molecule is C=C(c1cnc(-c2ccc(-c3ccnc(OC)c3)cc2O)nn1)[C@@H]1CC2CCC(N2)[C@@H]1F. The van der Waals surface area contributed by atoms with Crippen LogP contribution < -0.4 is 10.1 Å². The van der Waals surface area contributed by atoms with Crippen molar-refractivity contribution >= 4 is 5.57 Å². The van der Waals surface area contributed by atoms with Gasteiger partial charge in [0.25, 0.3) is 0 Å². The molecule has 4 atom stereocenters. The highest BCUT2D eigenvalue weighted by Gasteiger charge is 2.43. The summed E-state index contributed by atoms with van der Waals surface area (Å²) in [4.78, 5) is 8.47. The number of nitrogens with one attached hydrogen (secondary N) is 1. The van der Waals surface area contributed by atoms with Crippen molar-refractivity contribution in [3.63, 3.8) is 0 Å². The number of phenols is 1. The lowest BCUT2D eigenvalue weighted by molar-refractivity contribution is 0.167. The number of piperidine rings is 1. The Morgan fingerprint density at radius 3 is 2.75 bits per heavy atom. The number of pyridine rings is 1. The number of phenolic OH excluding ortho intramolecular Hbond substituents is 1. The molecule has 2 aliphatic rings. The first-order valence-electron chi connectivity index (χ1n) is 10.7. The van der Waals surface area contributed by atoms with Gasteiger partial charge in [-0.05, 0) is 54.2 Å². The largest absolute Gasteiger partial charge is 0.507 e. The molecule has 2 aromatic heterocycles. The van der Waals surface area contributed by atoms with Crippen LogP contribution >= 0.6 is 0 Å². The van der Waals surface area contributed by atoms with Crippen molar-refractivity contribution in [2.24, 2.45) is 5.92 Å². The molecule has 164 valence electrons. The highest BCUT2D eigenvalue weighted by Crippen LogP contribution is 2.39. The number of ether oxygens (including phenoxy) is 1. The van der Waals surface area contributed by atoms with Gasteiger partial charge in [0.05, 0.1) is 18.9 Å². The Bertz CT molecular complexity index is 1150. The molecule has 0 radical (unpaired) electrons. The number of nitrogens with zero attached hydrogens (tertiary/aromatic N) is 4. The van der Waals surface area contributed by atoms with Crippen molar-refractivity contribution in [1.82, 2.24) is 25.5 Å². The number of hydrogen-bond donors (Lipinski definition) is 2. The van der Waals surface area contributed by atoms with E-state index in [2.05, 4.69) is 32.1 Å². The third-order valence-corrected chi connectivity index (χ3v) is 6.44. The number of halogens is 1. The lowest BCUT2D eigenvalue weighted by Gasteiger charge is -2.33. The third kappa shape index (κ3) is 3.71. The first kappa shape index (κ1) is 20.5. The zero-order valence-corrected chi connectivity index (χ0v) is 17.7. The van der Waals surface area contributed by atoms with Gasteiger partial charge in [-0.15, -0.1) is 10.2 Å². The molecule has 2 unspecified atom stereocenters. The van der Waals surface area contributed by atoms with E-state index in [0.717, 1.165) is 24.0 Å². The van der Waals surface area contributed by atoms with Gasteiger partial charge in [-0.2, -0.15) is 0 Å². The fourth-order valence-electron chi connectivity index (χ4n) is 4.68. The van der Waals surface area contributed by atoms with E-state index in [9.17, 15) is 9.50 Å². The number of fused-ring (bicyclic) bond motifs is 2. The van der Waals surface area contributed by atoms with Crippen LogP contribution in [0.5, 0.6) is 11.6 Å². The topological polar surface area (TPSA) is 93.1 Å². The van der Waals surface area contributed by atoms with E-state index in [1.165, 1.54) is 0 Å². The summed E-state index contributed by atoms with van der Waals surface area (Å²) in [6, 6.07) is 9.09. The number of methoxy groups -OCH3 is 1. The van der Waals surface area contributed by atoms with Crippen LogP contribution in [0.1, 0.15) is 25.0 Å². The van der Waals surface area contributed by atoms with E-state index in [1.807, 2.05) is 12.1 Å². The van der Waals surface area contributed by atoms with Crippen molar-refractivity contribution in [2.45, 2.75) is 37.5 Å². The maximum Gasteiger partial charge on any atom is 0.213 e. The summed E-state index contributed by atoms with van der Waals surface area (Å²) < 4.78 is 20.0. The van der Waals surface area contributed by atoms with Crippen LogP contribution in [0.2, 0.25) is 0 Å². The molecule has 1 aromatic carbocycles. The van der Waals surface area contributed by atoms with Crippen LogP contribution in [0.4, 0.5) is 4.39 Å². The van der Waals surface area contributed by atoms with E-state index < -0.39 is 6.17 Å². The maximum absolute atomic E-state index is 14.9. The second-order valence-corrected chi connectivity index (χ2v) is 8.35. The Morgan fingerprint density at radius 1 is 1.16 bits per heavy atom. The molecule has 0 saturated carbocycles. The van der Waals surface area contributed by atoms with E-state index >= 15 is 0 Å². The Kier molecular flexibility index (Phi) is 5.30. The van der Waals surface area contributed by atoms with Crippen LogP contribution in [0.25, 0.3) is 28.1 Å². The molecule has 0 aliphatic carbocycles. The first-order valence-corrected chi connectivity index (χ1v) is 10.7. The predicted octanol–water partition coefficient (Wildman–Crippen LogP) is 3.81. The number of benzene rings is 1. The van der Waals surface area contributed by atoms with Crippen LogP contribution in [0.15, 0.2) is 49.3 Å². The van der Waals surface area contributed by atoms with E-state index in [-0.39, 0.29) is 17.7 Å². The van der Waals surface area contributed by atoms with Gasteiger partial charge in [0.1, 0.15) is 17.6 Å². The van der Waals surface area contributed by atoms with Crippen molar-refractivity contribution in [2.75, 3.05) is 7.11 Å². The van der Waals surface area contributed by atoms with Gasteiger partial charge in [0.2, 0.25) is 5.88 Å². The quantitative estimate of drug-likeness (QED) is 0.632. The van der Waals surface area contributed by atoms with Gasteiger partial charge in [0.15, 0.2) is 5.82 Å². The molecule has 0 spiro atoms.